The van der Waals surface area contributed by atoms with Crippen LogP contribution in [0.3, 0.4) is 0 Å². The molecule has 0 unspecified atom stereocenters. The molecule has 1 aromatic carbocycles. The van der Waals surface area contributed by atoms with Gasteiger partial charge in [-0.15, -0.1) is 0 Å². The minimum absolute atomic E-state index is 0.0387. The van der Waals surface area contributed by atoms with Crippen LogP contribution in [0.1, 0.15) is 45.2 Å². The molecule has 1 aromatic rings. The van der Waals surface area contributed by atoms with E-state index >= 15 is 0 Å². The topological polar surface area (TPSA) is 97.0 Å². The van der Waals surface area contributed by atoms with Gasteiger partial charge in [-0.3, -0.25) is 9.69 Å². The van der Waals surface area contributed by atoms with Crippen LogP contribution in [0.25, 0.3) is 0 Å². The van der Waals surface area contributed by atoms with E-state index in [2.05, 4.69) is 10.6 Å². The summed E-state index contributed by atoms with van der Waals surface area (Å²) in [6, 6.07) is 6.10. The third-order valence-corrected chi connectivity index (χ3v) is 4.63. The molecule has 1 heterocycles. The number of methoxy groups -OCH3 is 1. The number of anilines is 1. The zero-order valence-electron chi connectivity index (χ0n) is 17.4. The number of allylic oxidation sites excluding steroid dienone is 1. The average molecular weight is 403 g/mol. The summed E-state index contributed by atoms with van der Waals surface area (Å²) in [7, 11) is 1.45. The van der Waals surface area contributed by atoms with Crippen LogP contribution >= 0.6 is 0 Å². The average Bonchev–Trinajstić information content (AvgIpc) is 2.68. The van der Waals surface area contributed by atoms with Gasteiger partial charge in [0.25, 0.3) is 0 Å². The number of amides is 3. The fraction of sp³-hybridized carbons (Fsp3) is 0.476. The number of urea groups is 1. The molecule has 158 valence electrons. The number of nitrogens with one attached hydrogen (secondary N) is 2. The van der Waals surface area contributed by atoms with E-state index in [1.165, 1.54) is 7.11 Å². The monoisotopic (exact) mass is 403 g/mol. The van der Waals surface area contributed by atoms with E-state index in [-0.39, 0.29) is 25.2 Å². The van der Waals surface area contributed by atoms with Crippen molar-refractivity contribution in [1.29, 1.82) is 0 Å². The molecule has 2 rings (SSSR count). The number of carbonyl (C=O) groups excluding carboxylic acids is 3. The Morgan fingerprint density at radius 3 is 2.48 bits per heavy atom. The predicted octanol–water partition coefficient (Wildman–Crippen LogP) is 2.98. The van der Waals surface area contributed by atoms with Crippen molar-refractivity contribution < 1.29 is 23.9 Å². The smallest absolute Gasteiger partial charge is 0.338 e. The number of ether oxygens (including phenoxy) is 2. The molecule has 0 fully saturated rings. The Kier molecular flexibility index (Phi) is 8.21. The van der Waals surface area contributed by atoms with Crippen LogP contribution in [0, 0.1) is 0 Å². The van der Waals surface area contributed by atoms with E-state index < -0.39 is 12.0 Å². The first kappa shape index (κ1) is 22.4. The molecule has 0 radical (unpaired) electrons. The second-order valence-corrected chi connectivity index (χ2v) is 6.71. The Balaban J connectivity index is 2.33. The van der Waals surface area contributed by atoms with Crippen molar-refractivity contribution in [3.63, 3.8) is 0 Å². The number of carbonyl (C=O) groups is 3. The Labute approximate surface area is 171 Å². The van der Waals surface area contributed by atoms with Gasteiger partial charge in [0.2, 0.25) is 5.91 Å². The highest BCUT2D eigenvalue weighted by atomic mass is 16.5. The van der Waals surface area contributed by atoms with Gasteiger partial charge in [0.1, 0.15) is 6.61 Å². The summed E-state index contributed by atoms with van der Waals surface area (Å²) < 4.78 is 10.0. The van der Waals surface area contributed by atoms with Gasteiger partial charge in [0, 0.05) is 25.0 Å². The van der Waals surface area contributed by atoms with Gasteiger partial charge in [0.05, 0.1) is 18.2 Å². The predicted molar refractivity (Wildman–Crippen MR) is 109 cm³/mol. The second-order valence-electron chi connectivity index (χ2n) is 6.71. The molecule has 1 atom stereocenters. The van der Waals surface area contributed by atoms with Crippen molar-refractivity contribution >= 4 is 23.6 Å². The molecule has 1 aliphatic rings. The SMILES string of the molecule is CCCCN1C(=O)N[C@@H](c2ccc(NC(=O)COC)cc2)C(C(=O)OCC)=C1C. The number of rotatable bonds is 9. The van der Waals surface area contributed by atoms with Gasteiger partial charge in [-0.05, 0) is 38.0 Å². The molecule has 0 spiro atoms. The van der Waals surface area contributed by atoms with Gasteiger partial charge in [-0.2, -0.15) is 0 Å². The Hall–Kier alpha value is -2.87. The Morgan fingerprint density at radius 1 is 1.21 bits per heavy atom. The van der Waals surface area contributed by atoms with Crippen molar-refractivity contribution in [2.24, 2.45) is 0 Å². The van der Waals surface area contributed by atoms with Gasteiger partial charge in [-0.1, -0.05) is 25.5 Å². The first-order valence-electron chi connectivity index (χ1n) is 9.77. The van der Waals surface area contributed by atoms with E-state index in [1.807, 2.05) is 6.92 Å². The summed E-state index contributed by atoms with van der Waals surface area (Å²) in [5.41, 5.74) is 2.34. The van der Waals surface area contributed by atoms with E-state index in [9.17, 15) is 14.4 Å². The number of nitrogens with zero attached hydrogens (tertiary/aromatic N) is 1. The van der Waals surface area contributed by atoms with Crippen LogP contribution in [0.2, 0.25) is 0 Å². The molecule has 0 bridgehead atoms. The fourth-order valence-corrected chi connectivity index (χ4v) is 3.18. The Bertz CT molecular complexity index is 773. The summed E-state index contributed by atoms with van der Waals surface area (Å²) in [4.78, 5) is 38.6. The summed E-state index contributed by atoms with van der Waals surface area (Å²) >= 11 is 0. The number of unbranched alkanes of at least 4 members (excludes halogenated alkanes) is 1. The number of esters is 1. The van der Waals surface area contributed by atoms with Crippen LogP contribution in [-0.2, 0) is 19.1 Å². The summed E-state index contributed by atoms with van der Waals surface area (Å²) in [5.74, 6) is -0.713. The van der Waals surface area contributed by atoms with Crippen molar-refractivity contribution in [1.82, 2.24) is 10.2 Å². The zero-order valence-corrected chi connectivity index (χ0v) is 17.4. The van der Waals surface area contributed by atoms with Gasteiger partial charge in [0.15, 0.2) is 0 Å². The number of hydrogen-bond donors (Lipinski definition) is 2. The maximum atomic E-state index is 12.7. The third-order valence-electron chi connectivity index (χ3n) is 4.63. The zero-order chi connectivity index (χ0) is 21.4. The van der Waals surface area contributed by atoms with E-state index in [0.717, 1.165) is 18.4 Å². The molecule has 1 aliphatic heterocycles. The summed E-state index contributed by atoms with van der Waals surface area (Å²) in [6.45, 7) is 6.30. The minimum Gasteiger partial charge on any atom is -0.463 e. The molecule has 8 nitrogen and oxygen atoms in total. The van der Waals surface area contributed by atoms with E-state index in [1.54, 1.807) is 43.0 Å². The molecule has 3 amide bonds. The quantitative estimate of drug-likeness (QED) is 0.618. The molecular formula is C21H29N3O5. The lowest BCUT2D eigenvalue weighted by molar-refractivity contribution is -0.139. The number of hydrogen-bond acceptors (Lipinski definition) is 5. The second kappa shape index (κ2) is 10.6. The van der Waals surface area contributed by atoms with Crippen LogP contribution in [0.15, 0.2) is 35.5 Å². The minimum atomic E-state index is -0.622. The lowest BCUT2D eigenvalue weighted by atomic mass is 9.94. The fourth-order valence-electron chi connectivity index (χ4n) is 3.18. The van der Waals surface area contributed by atoms with Gasteiger partial charge in [-0.25, -0.2) is 9.59 Å². The molecule has 2 N–H and O–H groups in total. The molecule has 0 saturated carbocycles. The lowest BCUT2D eigenvalue weighted by Gasteiger charge is -2.35. The van der Waals surface area contributed by atoms with E-state index in [4.69, 9.17) is 9.47 Å². The first-order valence-corrected chi connectivity index (χ1v) is 9.77. The van der Waals surface area contributed by atoms with Crippen LogP contribution in [-0.4, -0.2) is 49.7 Å². The molecule has 0 saturated heterocycles. The maximum Gasteiger partial charge on any atom is 0.338 e. The van der Waals surface area contributed by atoms with Crippen molar-refractivity contribution in [3.8, 4) is 0 Å². The molecule has 0 aromatic heterocycles. The molecule has 8 heteroatoms. The van der Waals surface area contributed by atoms with Gasteiger partial charge >= 0.3 is 12.0 Å². The molecule has 29 heavy (non-hydrogen) atoms. The van der Waals surface area contributed by atoms with Crippen LogP contribution in [0.4, 0.5) is 10.5 Å². The van der Waals surface area contributed by atoms with Gasteiger partial charge < -0.3 is 20.1 Å². The van der Waals surface area contributed by atoms with Crippen molar-refractivity contribution in [3.05, 3.63) is 41.1 Å². The normalized spacial score (nSPS) is 16.5. The highest BCUT2D eigenvalue weighted by Crippen LogP contribution is 2.32. The third kappa shape index (κ3) is 5.57. The highest BCUT2D eigenvalue weighted by Gasteiger charge is 2.36. The standard InChI is InChI=1S/C21H29N3O5/c1-5-7-12-24-14(3)18(20(26)29-6-2)19(23-21(24)27)15-8-10-16(11-9-15)22-17(25)13-28-4/h8-11,19H,5-7,12-13H2,1-4H3,(H,22,25)(H,23,27)/t19-/m0/s1. The Morgan fingerprint density at radius 2 is 1.90 bits per heavy atom. The number of benzene rings is 1. The summed E-state index contributed by atoms with van der Waals surface area (Å²) in [6.07, 6.45) is 1.77. The van der Waals surface area contributed by atoms with E-state index in [0.29, 0.717) is 23.5 Å². The largest absolute Gasteiger partial charge is 0.463 e. The molecular weight excluding hydrogens is 374 g/mol. The maximum absolute atomic E-state index is 12.7. The van der Waals surface area contributed by atoms with Crippen molar-refractivity contribution in [2.75, 3.05) is 32.2 Å². The van der Waals surface area contributed by atoms with Crippen molar-refractivity contribution in [2.45, 2.75) is 39.7 Å². The first-order chi connectivity index (χ1) is 13.9. The van der Waals surface area contributed by atoms with Crippen LogP contribution in [0.5, 0.6) is 0 Å². The highest BCUT2D eigenvalue weighted by molar-refractivity contribution is 5.95. The lowest BCUT2D eigenvalue weighted by Crippen LogP contribution is -2.48. The van der Waals surface area contributed by atoms with Crippen LogP contribution < -0.4 is 10.6 Å². The molecule has 0 aliphatic carbocycles. The summed E-state index contributed by atoms with van der Waals surface area (Å²) in [5, 5.41) is 5.62.